The SMILES string of the molecule is C=CNCc1ccc(C(=C)Cl)c(C)c1. The van der Waals surface area contributed by atoms with Crippen LogP contribution in [0.4, 0.5) is 0 Å². The lowest BCUT2D eigenvalue weighted by Gasteiger charge is -2.07. The summed E-state index contributed by atoms with van der Waals surface area (Å²) in [5, 5.41) is 3.64. The number of nitrogens with one attached hydrogen (secondary N) is 1. The highest BCUT2D eigenvalue weighted by atomic mass is 35.5. The minimum absolute atomic E-state index is 0.589. The van der Waals surface area contributed by atoms with Gasteiger partial charge in [0.15, 0.2) is 0 Å². The van der Waals surface area contributed by atoms with Crippen molar-refractivity contribution in [2.75, 3.05) is 0 Å². The van der Waals surface area contributed by atoms with Gasteiger partial charge in [0.25, 0.3) is 0 Å². The zero-order chi connectivity index (χ0) is 10.6. The molecule has 0 radical (unpaired) electrons. The standard InChI is InChI=1S/C12H14ClN/c1-4-14-8-11-5-6-12(10(3)13)9(2)7-11/h4-7,14H,1,3,8H2,2H3. The maximum absolute atomic E-state index is 5.84. The molecule has 0 atom stereocenters. The number of hydrogen-bond donors (Lipinski definition) is 1. The molecule has 0 bridgehead atoms. The van der Waals surface area contributed by atoms with Crippen molar-refractivity contribution in [3.8, 4) is 0 Å². The maximum atomic E-state index is 5.84. The summed E-state index contributed by atoms with van der Waals surface area (Å²) in [6.07, 6.45) is 1.68. The fraction of sp³-hybridized carbons (Fsp3) is 0.167. The highest BCUT2D eigenvalue weighted by molar-refractivity contribution is 6.48. The van der Waals surface area contributed by atoms with Gasteiger partial charge in [-0.15, -0.1) is 0 Å². The third kappa shape index (κ3) is 2.64. The number of aryl methyl sites for hydroxylation is 1. The Labute approximate surface area is 90.1 Å². The normalized spacial score (nSPS) is 9.57. The molecule has 1 aromatic carbocycles. The summed E-state index contributed by atoms with van der Waals surface area (Å²) in [4.78, 5) is 0. The van der Waals surface area contributed by atoms with E-state index in [4.69, 9.17) is 11.6 Å². The molecule has 1 N–H and O–H groups in total. The number of hydrogen-bond acceptors (Lipinski definition) is 1. The van der Waals surface area contributed by atoms with Crippen LogP contribution in [0, 0.1) is 6.92 Å². The molecule has 0 fully saturated rings. The van der Waals surface area contributed by atoms with Crippen molar-refractivity contribution in [3.05, 3.63) is 54.2 Å². The smallest absolute Gasteiger partial charge is 0.0409 e. The molecule has 0 aromatic heterocycles. The van der Waals surface area contributed by atoms with E-state index in [0.717, 1.165) is 17.7 Å². The van der Waals surface area contributed by atoms with E-state index in [9.17, 15) is 0 Å². The fourth-order valence-corrected chi connectivity index (χ4v) is 1.54. The maximum Gasteiger partial charge on any atom is 0.0409 e. The Hall–Kier alpha value is -1.21. The first-order valence-electron chi connectivity index (χ1n) is 4.43. The molecule has 0 spiro atoms. The Bertz CT molecular complexity index is 355. The van der Waals surface area contributed by atoms with Gasteiger partial charge in [0.05, 0.1) is 0 Å². The summed E-state index contributed by atoms with van der Waals surface area (Å²) < 4.78 is 0. The lowest BCUT2D eigenvalue weighted by Crippen LogP contribution is -2.03. The van der Waals surface area contributed by atoms with Gasteiger partial charge in [-0.25, -0.2) is 0 Å². The van der Waals surface area contributed by atoms with Crippen molar-refractivity contribution in [3.63, 3.8) is 0 Å². The lowest BCUT2D eigenvalue weighted by molar-refractivity contribution is 0.871. The van der Waals surface area contributed by atoms with Crippen LogP contribution in [0.2, 0.25) is 0 Å². The molecule has 0 heterocycles. The third-order valence-electron chi connectivity index (χ3n) is 2.03. The van der Waals surface area contributed by atoms with Crippen molar-refractivity contribution < 1.29 is 0 Å². The summed E-state index contributed by atoms with van der Waals surface area (Å²) in [7, 11) is 0. The van der Waals surface area contributed by atoms with Gasteiger partial charge in [0.2, 0.25) is 0 Å². The molecule has 0 amide bonds. The number of rotatable bonds is 4. The molecule has 0 aliphatic carbocycles. The predicted molar refractivity (Wildman–Crippen MR) is 63.1 cm³/mol. The first-order valence-corrected chi connectivity index (χ1v) is 4.81. The molecule has 1 rings (SSSR count). The van der Waals surface area contributed by atoms with Crippen LogP contribution < -0.4 is 5.32 Å². The van der Waals surface area contributed by atoms with Gasteiger partial charge in [-0.2, -0.15) is 0 Å². The molecule has 14 heavy (non-hydrogen) atoms. The second-order valence-corrected chi connectivity index (χ2v) is 3.60. The molecule has 1 aromatic rings. The third-order valence-corrected chi connectivity index (χ3v) is 2.24. The van der Waals surface area contributed by atoms with E-state index >= 15 is 0 Å². The van der Waals surface area contributed by atoms with Crippen molar-refractivity contribution in [2.24, 2.45) is 0 Å². The summed E-state index contributed by atoms with van der Waals surface area (Å²) in [5.74, 6) is 0. The molecule has 0 saturated carbocycles. The fourth-order valence-electron chi connectivity index (χ4n) is 1.33. The molecule has 0 unspecified atom stereocenters. The summed E-state index contributed by atoms with van der Waals surface area (Å²) in [5.41, 5.74) is 3.37. The van der Waals surface area contributed by atoms with E-state index in [2.05, 4.69) is 24.5 Å². The van der Waals surface area contributed by atoms with Crippen molar-refractivity contribution >= 4 is 16.6 Å². The minimum atomic E-state index is 0.589. The summed E-state index contributed by atoms with van der Waals surface area (Å²) in [6.45, 7) is 10.1. The summed E-state index contributed by atoms with van der Waals surface area (Å²) in [6, 6.07) is 6.12. The lowest BCUT2D eigenvalue weighted by atomic mass is 10.1. The van der Waals surface area contributed by atoms with Crippen molar-refractivity contribution in [1.29, 1.82) is 0 Å². The van der Waals surface area contributed by atoms with Crippen LogP contribution in [0.1, 0.15) is 16.7 Å². The first kappa shape index (κ1) is 10.9. The quantitative estimate of drug-likeness (QED) is 0.798. The number of benzene rings is 1. The Kier molecular flexibility index (Phi) is 3.78. The van der Waals surface area contributed by atoms with E-state index in [-0.39, 0.29) is 0 Å². The first-order chi connectivity index (χ1) is 6.65. The van der Waals surface area contributed by atoms with Gasteiger partial charge in [-0.1, -0.05) is 43.0 Å². The highest BCUT2D eigenvalue weighted by Gasteiger charge is 2.01. The second kappa shape index (κ2) is 4.87. The van der Waals surface area contributed by atoms with Crippen LogP contribution >= 0.6 is 11.6 Å². The minimum Gasteiger partial charge on any atom is -0.387 e. The molecule has 0 aliphatic heterocycles. The van der Waals surface area contributed by atoms with Crippen LogP contribution in [0.3, 0.4) is 0 Å². The number of halogens is 1. The van der Waals surface area contributed by atoms with Gasteiger partial charge >= 0.3 is 0 Å². The Balaban J connectivity index is 2.88. The molecular weight excluding hydrogens is 194 g/mol. The van der Waals surface area contributed by atoms with Crippen molar-refractivity contribution in [1.82, 2.24) is 5.32 Å². The highest BCUT2D eigenvalue weighted by Crippen LogP contribution is 2.21. The zero-order valence-corrected chi connectivity index (χ0v) is 9.06. The average Bonchev–Trinajstić information content (AvgIpc) is 2.14. The van der Waals surface area contributed by atoms with E-state index in [1.807, 2.05) is 19.1 Å². The topological polar surface area (TPSA) is 12.0 Å². The van der Waals surface area contributed by atoms with E-state index in [0.29, 0.717) is 5.03 Å². The molecule has 0 aliphatic rings. The predicted octanol–water partition coefficient (Wildman–Crippen LogP) is 3.44. The molecule has 2 heteroatoms. The van der Waals surface area contributed by atoms with Gasteiger partial charge in [-0.3, -0.25) is 0 Å². The molecule has 0 saturated heterocycles. The van der Waals surface area contributed by atoms with E-state index in [1.165, 1.54) is 5.56 Å². The molecule has 1 nitrogen and oxygen atoms in total. The van der Waals surface area contributed by atoms with E-state index in [1.54, 1.807) is 6.20 Å². The monoisotopic (exact) mass is 207 g/mol. The molecule has 74 valence electrons. The Morgan fingerprint density at radius 2 is 2.29 bits per heavy atom. The van der Waals surface area contributed by atoms with Crippen LogP contribution in [-0.2, 0) is 6.54 Å². The Morgan fingerprint density at radius 3 is 2.79 bits per heavy atom. The van der Waals surface area contributed by atoms with Crippen molar-refractivity contribution in [2.45, 2.75) is 13.5 Å². The average molecular weight is 208 g/mol. The van der Waals surface area contributed by atoms with Crippen LogP contribution in [0.15, 0.2) is 37.6 Å². The van der Waals surface area contributed by atoms with Crippen LogP contribution in [0.5, 0.6) is 0 Å². The van der Waals surface area contributed by atoms with Gasteiger partial charge in [0, 0.05) is 11.6 Å². The van der Waals surface area contributed by atoms with Gasteiger partial charge < -0.3 is 5.32 Å². The van der Waals surface area contributed by atoms with E-state index < -0.39 is 0 Å². The summed E-state index contributed by atoms with van der Waals surface area (Å²) >= 11 is 5.84. The Morgan fingerprint density at radius 1 is 1.57 bits per heavy atom. The zero-order valence-electron chi connectivity index (χ0n) is 8.31. The molecular formula is C12H14ClN. The van der Waals surface area contributed by atoms with Crippen LogP contribution in [0.25, 0.3) is 5.03 Å². The van der Waals surface area contributed by atoms with Gasteiger partial charge in [-0.05, 0) is 29.8 Å². The second-order valence-electron chi connectivity index (χ2n) is 3.14. The largest absolute Gasteiger partial charge is 0.387 e. The van der Waals surface area contributed by atoms with Gasteiger partial charge in [0.1, 0.15) is 0 Å². The van der Waals surface area contributed by atoms with Crippen LogP contribution in [-0.4, -0.2) is 0 Å².